The lowest BCUT2D eigenvalue weighted by Gasteiger charge is -2.06. The Bertz CT molecular complexity index is 1130. The number of aryl methyl sites for hydroxylation is 1. The van der Waals surface area contributed by atoms with E-state index in [-0.39, 0.29) is 29.7 Å². The van der Waals surface area contributed by atoms with E-state index in [9.17, 15) is 13.2 Å². The Kier molecular flexibility index (Phi) is 4.91. The van der Waals surface area contributed by atoms with Crippen LogP contribution >= 0.6 is 0 Å². The molecule has 0 aliphatic heterocycles. The third-order valence-electron chi connectivity index (χ3n) is 4.76. The first kappa shape index (κ1) is 18.6. The topological polar surface area (TPSA) is 86.0 Å². The number of rotatable bonds is 7. The van der Waals surface area contributed by atoms with Crippen LogP contribution in [0.2, 0.25) is 0 Å². The molecule has 7 nitrogen and oxygen atoms in total. The highest BCUT2D eigenvalue weighted by Crippen LogP contribution is 2.36. The summed E-state index contributed by atoms with van der Waals surface area (Å²) in [6.07, 6.45) is 1.93. The number of nitrogens with zero attached hydrogens (tertiary/aromatic N) is 3. The van der Waals surface area contributed by atoms with Crippen LogP contribution in [0.15, 0.2) is 64.3 Å². The van der Waals surface area contributed by atoms with E-state index in [1.807, 2.05) is 37.3 Å². The Hall–Kier alpha value is -2.71. The van der Waals surface area contributed by atoms with Crippen molar-refractivity contribution in [2.75, 3.05) is 6.54 Å². The molecule has 4 rings (SSSR count). The van der Waals surface area contributed by atoms with Gasteiger partial charge in [0.25, 0.3) is 0 Å². The first-order valence-corrected chi connectivity index (χ1v) is 10.7. The summed E-state index contributed by atoms with van der Waals surface area (Å²) in [5, 5.41) is 4.48. The highest BCUT2D eigenvalue weighted by atomic mass is 32.2. The molecule has 1 N–H and O–H groups in total. The van der Waals surface area contributed by atoms with E-state index < -0.39 is 10.0 Å². The van der Waals surface area contributed by atoms with Gasteiger partial charge in [0, 0.05) is 18.2 Å². The molecule has 1 saturated carbocycles. The van der Waals surface area contributed by atoms with Gasteiger partial charge in [-0.15, -0.1) is 5.10 Å². The second kappa shape index (κ2) is 7.37. The van der Waals surface area contributed by atoms with Crippen molar-refractivity contribution in [1.82, 2.24) is 19.1 Å². The number of nitrogens with one attached hydrogen (secondary N) is 1. The summed E-state index contributed by atoms with van der Waals surface area (Å²) in [6.45, 7) is 2.16. The van der Waals surface area contributed by atoms with Crippen molar-refractivity contribution in [3.63, 3.8) is 0 Å². The van der Waals surface area contributed by atoms with Gasteiger partial charge in [0.15, 0.2) is 5.82 Å². The molecule has 0 amide bonds. The molecule has 0 saturated heterocycles. The summed E-state index contributed by atoms with van der Waals surface area (Å²) in [4.78, 5) is 13.0. The minimum atomic E-state index is -3.62. The van der Waals surface area contributed by atoms with E-state index in [2.05, 4.69) is 9.82 Å². The van der Waals surface area contributed by atoms with E-state index >= 15 is 0 Å². The van der Waals surface area contributed by atoms with E-state index in [0.29, 0.717) is 5.82 Å². The normalized spacial score (nSPS) is 14.3. The maximum Gasteiger partial charge on any atom is 0.346 e. The van der Waals surface area contributed by atoms with Crippen LogP contribution in [-0.4, -0.2) is 29.3 Å². The molecule has 2 aromatic carbocycles. The van der Waals surface area contributed by atoms with Gasteiger partial charge in [-0.25, -0.2) is 22.6 Å². The second-order valence-corrected chi connectivity index (χ2v) is 8.77. The fraction of sp³-hybridized carbons (Fsp3) is 0.300. The molecule has 0 spiro atoms. The maximum absolute atomic E-state index is 12.8. The monoisotopic (exact) mass is 398 g/mol. The van der Waals surface area contributed by atoms with Crippen LogP contribution in [0.4, 0.5) is 0 Å². The van der Waals surface area contributed by atoms with Crippen molar-refractivity contribution in [2.24, 2.45) is 0 Å². The number of benzene rings is 2. The molecule has 0 atom stereocenters. The summed E-state index contributed by atoms with van der Waals surface area (Å²) in [5.74, 6) is 0.634. The van der Waals surface area contributed by atoms with Crippen molar-refractivity contribution in [3.8, 4) is 11.4 Å². The van der Waals surface area contributed by atoms with Crippen LogP contribution in [0.1, 0.15) is 24.4 Å². The molecule has 1 fully saturated rings. The summed E-state index contributed by atoms with van der Waals surface area (Å²) >= 11 is 0. The number of hydrogen-bond donors (Lipinski definition) is 1. The summed E-state index contributed by atoms with van der Waals surface area (Å²) in [7, 11) is -3.62. The fourth-order valence-corrected chi connectivity index (χ4v) is 4.12. The zero-order valence-corrected chi connectivity index (χ0v) is 16.4. The predicted octanol–water partition coefficient (Wildman–Crippen LogP) is 2.33. The Balaban J connectivity index is 1.53. The molecular formula is C20H22N4O3S. The van der Waals surface area contributed by atoms with Crippen molar-refractivity contribution >= 4 is 10.0 Å². The number of aromatic nitrogens is 3. The zero-order chi connectivity index (χ0) is 19.7. The van der Waals surface area contributed by atoms with Gasteiger partial charge in [-0.2, -0.15) is 0 Å². The summed E-state index contributed by atoms with van der Waals surface area (Å²) < 4.78 is 30.4. The smallest absolute Gasteiger partial charge is 0.272 e. The average Bonchev–Trinajstić information content (AvgIpc) is 3.47. The molecule has 146 valence electrons. The Labute approximate surface area is 163 Å². The van der Waals surface area contributed by atoms with Crippen LogP contribution in [0.25, 0.3) is 11.4 Å². The van der Waals surface area contributed by atoms with E-state index in [0.717, 1.165) is 24.0 Å². The number of sulfonamides is 1. The van der Waals surface area contributed by atoms with Crippen molar-refractivity contribution in [1.29, 1.82) is 0 Å². The summed E-state index contributed by atoms with van der Waals surface area (Å²) in [5.41, 5.74) is 1.67. The van der Waals surface area contributed by atoms with Gasteiger partial charge in [0.2, 0.25) is 10.0 Å². The molecule has 8 heteroatoms. The first-order chi connectivity index (χ1) is 13.5. The van der Waals surface area contributed by atoms with Gasteiger partial charge in [0.05, 0.1) is 11.4 Å². The van der Waals surface area contributed by atoms with Gasteiger partial charge < -0.3 is 0 Å². The highest BCUT2D eigenvalue weighted by molar-refractivity contribution is 7.89. The van der Waals surface area contributed by atoms with E-state index in [1.54, 1.807) is 28.8 Å². The highest BCUT2D eigenvalue weighted by Gasteiger charge is 2.30. The lowest BCUT2D eigenvalue weighted by molar-refractivity contribution is 0.547. The predicted molar refractivity (Wildman–Crippen MR) is 107 cm³/mol. The quantitative estimate of drug-likeness (QED) is 0.662. The average molecular weight is 398 g/mol. The van der Waals surface area contributed by atoms with Gasteiger partial charge >= 0.3 is 5.69 Å². The van der Waals surface area contributed by atoms with Crippen LogP contribution in [0.3, 0.4) is 0 Å². The van der Waals surface area contributed by atoms with Crippen LogP contribution in [0.5, 0.6) is 0 Å². The lowest BCUT2D eigenvalue weighted by atomic mass is 10.2. The zero-order valence-electron chi connectivity index (χ0n) is 15.6. The van der Waals surface area contributed by atoms with E-state index in [4.69, 9.17) is 0 Å². The molecule has 1 aromatic heterocycles. The minimum Gasteiger partial charge on any atom is -0.272 e. The fourth-order valence-electron chi connectivity index (χ4n) is 3.10. The molecule has 1 aliphatic carbocycles. The molecule has 0 radical (unpaired) electrons. The van der Waals surface area contributed by atoms with Crippen molar-refractivity contribution in [3.05, 3.63) is 70.6 Å². The van der Waals surface area contributed by atoms with Gasteiger partial charge in [-0.3, -0.25) is 4.57 Å². The summed E-state index contributed by atoms with van der Waals surface area (Å²) in [6, 6.07) is 16.4. The van der Waals surface area contributed by atoms with Crippen molar-refractivity contribution < 1.29 is 8.42 Å². The second-order valence-electron chi connectivity index (χ2n) is 7.01. The molecule has 1 aliphatic rings. The molecular weight excluding hydrogens is 376 g/mol. The minimum absolute atomic E-state index is 0.0893. The molecule has 0 bridgehead atoms. The Morgan fingerprint density at radius 2 is 1.75 bits per heavy atom. The molecule has 1 heterocycles. The van der Waals surface area contributed by atoms with Gasteiger partial charge in [0.1, 0.15) is 0 Å². The largest absolute Gasteiger partial charge is 0.346 e. The van der Waals surface area contributed by atoms with Gasteiger partial charge in [-0.05, 0) is 31.9 Å². The Morgan fingerprint density at radius 1 is 1.07 bits per heavy atom. The van der Waals surface area contributed by atoms with Crippen LogP contribution in [-0.2, 0) is 16.6 Å². The van der Waals surface area contributed by atoms with Crippen LogP contribution in [0, 0.1) is 6.92 Å². The SMILES string of the molecule is Cc1ccc(S(=O)(=O)NCCn2nc(-c3ccccc3)n(C3CC3)c2=O)cc1. The third kappa shape index (κ3) is 3.79. The van der Waals surface area contributed by atoms with Gasteiger partial charge in [-0.1, -0.05) is 48.0 Å². The molecule has 28 heavy (non-hydrogen) atoms. The molecule has 0 unspecified atom stereocenters. The van der Waals surface area contributed by atoms with E-state index in [1.165, 1.54) is 4.68 Å². The van der Waals surface area contributed by atoms with Crippen molar-refractivity contribution in [2.45, 2.75) is 37.2 Å². The lowest BCUT2D eigenvalue weighted by Crippen LogP contribution is -2.32. The maximum atomic E-state index is 12.8. The Morgan fingerprint density at radius 3 is 2.39 bits per heavy atom. The third-order valence-corrected chi connectivity index (χ3v) is 6.24. The first-order valence-electron chi connectivity index (χ1n) is 9.27. The standard InChI is InChI=1S/C20H22N4O3S/c1-15-7-11-18(12-8-15)28(26,27)21-13-14-23-20(25)24(17-9-10-17)19(22-23)16-5-3-2-4-6-16/h2-8,11-12,17,21H,9-10,13-14H2,1H3. The number of hydrogen-bond acceptors (Lipinski definition) is 4. The molecule has 3 aromatic rings. The van der Waals surface area contributed by atoms with Crippen LogP contribution < -0.4 is 10.4 Å².